The highest BCUT2D eigenvalue weighted by molar-refractivity contribution is 5.85. The van der Waals surface area contributed by atoms with E-state index >= 15 is 0 Å². The lowest BCUT2D eigenvalue weighted by Gasteiger charge is -2.23. The van der Waals surface area contributed by atoms with E-state index in [9.17, 15) is 4.39 Å². The van der Waals surface area contributed by atoms with Gasteiger partial charge in [-0.25, -0.2) is 4.39 Å². The summed E-state index contributed by atoms with van der Waals surface area (Å²) >= 11 is 0. The summed E-state index contributed by atoms with van der Waals surface area (Å²) in [6.45, 7) is 4.76. The van der Waals surface area contributed by atoms with Gasteiger partial charge in [0.2, 0.25) is 0 Å². The number of piperidine rings is 1. The van der Waals surface area contributed by atoms with E-state index in [1.165, 1.54) is 37.8 Å². The van der Waals surface area contributed by atoms with Gasteiger partial charge < -0.3 is 15.4 Å². The Morgan fingerprint density at radius 1 is 1.14 bits per heavy atom. The Hall–Kier alpha value is -0.840. The maximum atomic E-state index is 13.4. The average Bonchev–Trinajstić information content (AvgIpc) is 3.32. The number of nitrogens with one attached hydrogen (secondary N) is 2. The molecule has 2 N–H and O–H groups in total. The van der Waals surface area contributed by atoms with Crippen molar-refractivity contribution in [2.45, 2.75) is 32.2 Å². The summed E-state index contributed by atoms with van der Waals surface area (Å²) in [6.07, 6.45) is 4.97. The molecule has 3 nitrogen and oxygen atoms in total. The Balaban J connectivity index is 0.00000176. The summed E-state index contributed by atoms with van der Waals surface area (Å²) in [4.78, 5) is 0. The second-order valence-electron chi connectivity index (χ2n) is 6.33. The van der Waals surface area contributed by atoms with Crippen molar-refractivity contribution in [3.8, 4) is 5.75 Å². The Morgan fingerprint density at radius 3 is 2.64 bits per heavy atom. The maximum absolute atomic E-state index is 13.4. The SMILES string of the molecule is Cl.Fc1ccc(CNCC2CCNCC2)c(OCC2CC2)c1. The van der Waals surface area contributed by atoms with E-state index in [0.717, 1.165) is 44.3 Å². The van der Waals surface area contributed by atoms with Crippen LogP contribution in [0.15, 0.2) is 18.2 Å². The fourth-order valence-corrected chi connectivity index (χ4v) is 2.80. The molecule has 0 radical (unpaired) electrons. The minimum atomic E-state index is -0.220. The summed E-state index contributed by atoms with van der Waals surface area (Å²) in [6, 6.07) is 4.88. The van der Waals surface area contributed by atoms with Gasteiger partial charge in [-0.3, -0.25) is 0 Å². The second kappa shape index (κ2) is 8.70. The van der Waals surface area contributed by atoms with Crippen molar-refractivity contribution in [2.24, 2.45) is 11.8 Å². The number of halogens is 2. The fraction of sp³-hybridized carbons (Fsp3) is 0.647. The molecule has 1 aliphatic heterocycles. The Kier molecular flexibility index (Phi) is 6.93. The van der Waals surface area contributed by atoms with Crippen molar-refractivity contribution in [3.05, 3.63) is 29.6 Å². The van der Waals surface area contributed by atoms with Crippen LogP contribution >= 0.6 is 12.4 Å². The van der Waals surface area contributed by atoms with Crippen LogP contribution in [-0.2, 0) is 6.54 Å². The van der Waals surface area contributed by atoms with Gasteiger partial charge in [0.05, 0.1) is 6.61 Å². The molecule has 0 bridgehead atoms. The van der Waals surface area contributed by atoms with Crippen LogP contribution in [0, 0.1) is 17.7 Å². The highest BCUT2D eigenvalue weighted by Crippen LogP contribution is 2.30. The number of benzene rings is 1. The zero-order valence-electron chi connectivity index (χ0n) is 12.9. The molecule has 1 aromatic rings. The molecule has 1 saturated carbocycles. The first-order valence-electron chi connectivity index (χ1n) is 8.14. The topological polar surface area (TPSA) is 33.3 Å². The molecule has 0 atom stereocenters. The first-order chi connectivity index (χ1) is 10.3. The fourth-order valence-electron chi connectivity index (χ4n) is 2.80. The van der Waals surface area contributed by atoms with E-state index in [1.807, 2.05) is 6.07 Å². The second-order valence-corrected chi connectivity index (χ2v) is 6.33. The smallest absolute Gasteiger partial charge is 0.126 e. The van der Waals surface area contributed by atoms with E-state index < -0.39 is 0 Å². The van der Waals surface area contributed by atoms with Crippen LogP contribution in [0.4, 0.5) is 4.39 Å². The van der Waals surface area contributed by atoms with Crippen LogP contribution in [0.5, 0.6) is 5.75 Å². The first kappa shape index (κ1) is 17.5. The van der Waals surface area contributed by atoms with Crippen molar-refractivity contribution in [3.63, 3.8) is 0 Å². The maximum Gasteiger partial charge on any atom is 0.126 e. The van der Waals surface area contributed by atoms with Gasteiger partial charge in [0, 0.05) is 18.2 Å². The van der Waals surface area contributed by atoms with Crippen LogP contribution in [-0.4, -0.2) is 26.2 Å². The Bertz CT molecular complexity index is 462. The van der Waals surface area contributed by atoms with Gasteiger partial charge in [-0.15, -0.1) is 12.4 Å². The van der Waals surface area contributed by atoms with Gasteiger partial charge in [-0.05, 0) is 63.2 Å². The molecule has 0 aromatic heterocycles. The lowest BCUT2D eigenvalue weighted by atomic mass is 9.98. The predicted molar refractivity (Wildman–Crippen MR) is 89.2 cm³/mol. The zero-order valence-corrected chi connectivity index (χ0v) is 13.8. The van der Waals surface area contributed by atoms with Gasteiger partial charge in [0.1, 0.15) is 11.6 Å². The third kappa shape index (κ3) is 5.41. The van der Waals surface area contributed by atoms with E-state index in [0.29, 0.717) is 11.7 Å². The van der Waals surface area contributed by atoms with Crippen LogP contribution in [0.25, 0.3) is 0 Å². The normalized spacial score (nSPS) is 18.8. The Labute approximate surface area is 138 Å². The number of hydrogen-bond donors (Lipinski definition) is 2. The molecule has 22 heavy (non-hydrogen) atoms. The minimum Gasteiger partial charge on any atom is -0.493 e. The molecule has 5 heteroatoms. The summed E-state index contributed by atoms with van der Waals surface area (Å²) in [5.41, 5.74) is 1.06. The van der Waals surface area contributed by atoms with Crippen molar-refractivity contribution in [1.29, 1.82) is 0 Å². The standard InChI is InChI=1S/C17H25FN2O.ClH/c18-16-4-3-15(17(9-16)21-12-14-1-2-14)11-20-10-13-5-7-19-8-6-13;/h3-4,9,13-14,19-20H,1-2,5-8,10-12H2;1H. The molecule has 1 heterocycles. The minimum absolute atomic E-state index is 0. The first-order valence-corrected chi connectivity index (χ1v) is 8.14. The summed E-state index contributed by atoms with van der Waals surface area (Å²) in [5.74, 6) is 1.92. The highest BCUT2D eigenvalue weighted by atomic mass is 35.5. The molecular formula is C17H26ClFN2O. The van der Waals surface area contributed by atoms with E-state index in [2.05, 4.69) is 10.6 Å². The summed E-state index contributed by atoms with van der Waals surface area (Å²) < 4.78 is 19.2. The third-order valence-corrected chi connectivity index (χ3v) is 4.41. The molecule has 1 aromatic carbocycles. The summed E-state index contributed by atoms with van der Waals surface area (Å²) in [7, 11) is 0. The number of ether oxygens (including phenoxy) is 1. The third-order valence-electron chi connectivity index (χ3n) is 4.41. The van der Waals surface area contributed by atoms with E-state index in [-0.39, 0.29) is 18.2 Å². The van der Waals surface area contributed by atoms with Crippen LogP contribution in [0.3, 0.4) is 0 Å². The van der Waals surface area contributed by atoms with Gasteiger partial charge in [-0.1, -0.05) is 6.07 Å². The van der Waals surface area contributed by atoms with Crippen molar-refractivity contribution in [2.75, 3.05) is 26.2 Å². The Morgan fingerprint density at radius 2 is 1.91 bits per heavy atom. The lowest BCUT2D eigenvalue weighted by molar-refractivity contribution is 0.293. The lowest BCUT2D eigenvalue weighted by Crippen LogP contribution is -2.33. The molecule has 124 valence electrons. The molecule has 1 saturated heterocycles. The monoisotopic (exact) mass is 328 g/mol. The van der Waals surface area contributed by atoms with Crippen LogP contribution in [0.2, 0.25) is 0 Å². The molecule has 0 amide bonds. The van der Waals surface area contributed by atoms with Crippen molar-refractivity contribution < 1.29 is 9.13 Å². The average molecular weight is 329 g/mol. The molecule has 3 rings (SSSR count). The van der Waals surface area contributed by atoms with E-state index in [4.69, 9.17) is 4.74 Å². The molecule has 1 aliphatic carbocycles. The van der Waals surface area contributed by atoms with Gasteiger partial charge in [-0.2, -0.15) is 0 Å². The van der Waals surface area contributed by atoms with Gasteiger partial charge in [0.15, 0.2) is 0 Å². The van der Waals surface area contributed by atoms with E-state index in [1.54, 1.807) is 0 Å². The zero-order chi connectivity index (χ0) is 14.5. The predicted octanol–water partition coefficient (Wildman–Crippen LogP) is 3.13. The number of hydrogen-bond acceptors (Lipinski definition) is 3. The molecule has 0 spiro atoms. The summed E-state index contributed by atoms with van der Waals surface area (Å²) in [5, 5.41) is 6.89. The molecule has 0 unspecified atom stereocenters. The highest BCUT2D eigenvalue weighted by Gasteiger charge is 2.22. The van der Waals surface area contributed by atoms with Crippen LogP contribution in [0.1, 0.15) is 31.2 Å². The quantitative estimate of drug-likeness (QED) is 0.807. The molecular weight excluding hydrogens is 303 g/mol. The van der Waals surface area contributed by atoms with Crippen LogP contribution < -0.4 is 15.4 Å². The molecule has 2 fully saturated rings. The number of rotatable bonds is 7. The van der Waals surface area contributed by atoms with Crippen molar-refractivity contribution in [1.82, 2.24) is 10.6 Å². The largest absolute Gasteiger partial charge is 0.493 e. The molecule has 2 aliphatic rings. The van der Waals surface area contributed by atoms with Gasteiger partial charge >= 0.3 is 0 Å². The van der Waals surface area contributed by atoms with Crippen molar-refractivity contribution >= 4 is 12.4 Å². The van der Waals surface area contributed by atoms with Gasteiger partial charge in [0.25, 0.3) is 0 Å².